The van der Waals surface area contributed by atoms with E-state index in [1.165, 1.54) is 6.20 Å². The molecule has 1 aromatic carbocycles. The van der Waals surface area contributed by atoms with E-state index in [-0.39, 0.29) is 6.03 Å². The molecule has 2 amide bonds. The minimum Gasteiger partial charge on any atom is -0.379 e. The fourth-order valence-corrected chi connectivity index (χ4v) is 3.31. The summed E-state index contributed by atoms with van der Waals surface area (Å²) in [4.78, 5) is 17.0. The van der Waals surface area contributed by atoms with E-state index in [1.807, 2.05) is 24.3 Å². The molecule has 8 heteroatoms. The van der Waals surface area contributed by atoms with Crippen LogP contribution in [-0.4, -0.2) is 41.6 Å². The Morgan fingerprint density at radius 2 is 1.92 bits per heavy atom. The van der Waals surface area contributed by atoms with Gasteiger partial charge in [0.25, 0.3) is 0 Å². The van der Waals surface area contributed by atoms with Crippen molar-refractivity contribution in [3.05, 3.63) is 47.7 Å². The van der Waals surface area contributed by atoms with Crippen molar-refractivity contribution in [1.29, 1.82) is 0 Å². The highest BCUT2D eigenvalue weighted by Gasteiger charge is 2.12. The minimum absolute atomic E-state index is 0.328. The van der Waals surface area contributed by atoms with Crippen LogP contribution in [0.3, 0.4) is 0 Å². The zero-order valence-corrected chi connectivity index (χ0v) is 14.4. The van der Waals surface area contributed by atoms with Crippen molar-refractivity contribution in [2.75, 3.05) is 36.9 Å². The van der Waals surface area contributed by atoms with E-state index in [9.17, 15) is 4.79 Å². The highest BCUT2D eigenvalue weighted by atomic mass is 35.5. The van der Waals surface area contributed by atoms with Gasteiger partial charge in [-0.2, -0.15) is 0 Å². The summed E-state index contributed by atoms with van der Waals surface area (Å²) in [6, 6.07) is 10.7. The molecular formula is C16H17ClN4O2S. The van der Waals surface area contributed by atoms with E-state index >= 15 is 0 Å². The van der Waals surface area contributed by atoms with Crippen LogP contribution in [-0.2, 0) is 4.74 Å². The first-order chi connectivity index (χ1) is 11.7. The number of carbonyl (C=O) groups is 1. The lowest BCUT2D eigenvalue weighted by Crippen LogP contribution is -2.30. The van der Waals surface area contributed by atoms with Crippen LogP contribution in [0.4, 0.5) is 16.2 Å². The normalized spacial score (nSPS) is 15.0. The Balaban J connectivity index is 1.58. The number of hydrogen-bond donors (Lipinski definition) is 2. The van der Waals surface area contributed by atoms with Gasteiger partial charge < -0.3 is 15.4 Å². The molecule has 1 saturated heterocycles. The summed E-state index contributed by atoms with van der Waals surface area (Å²) in [6.45, 7) is 3.29. The van der Waals surface area contributed by atoms with Crippen molar-refractivity contribution in [2.24, 2.45) is 0 Å². The number of halogens is 1. The second-order valence-electron chi connectivity index (χ2n) is 5.11. The average Bonchev–Trinajstić information content (AvgIpc) is 2.56. The number of carbonyl (C=O) groups excluding carboxylic acids is 1. The van der Waals surface area contributed by atoms with Crippen LogP contribution in [0.15, 0.2) is 47.5 Å². The molecular weight excluding hydrogens is 348 g/mol. The number of nitrogens with one attached hydrogen (secondary N) is 2. The molecule has 0 atom stereocenters. The Bertz CT molecular complexity index is 710. The third kappa shape index (κ3) is 5.10. The molecule has 1 aromatic heterocycles. The van der Waals surface area contributed by atoms with Crippen molar-refractivity contribution in [1.82, 2.24) is 9.29 Å². The summed E-state index contributed by atoms with van der Waals surface area (Å²) >= 11 is 7.47. The third-order valence-corrected chi connectivity index (χ3v) is 4.58. The largest absolute Gasteiger partial charge is 0.379 e. The first kappa shape index (κ1) is 17.0. The summed E-state index contributed by atoms with van der Waals surface area (Å²) < 4.78 is 7.60. The van der Waals surface area contributed by atoms with Gasteiger partial charge in [-0.05, 0) is 42.3 Å². The summed E-state index contributed by atoms with van der Waals surface area (Å²) in [5.41, 5.74) is 1.32. The van der Waals surface area contributed by atoms with Crippen LogP contribution in [0.5, 0.6) is 0 Å². The van der Waals surface area contributed by atoms with Crippen molar-refractivity contribution in [3.8, 4) is 0 Å². The molecule has 0 bridgehead atoms. The average molecular weight is 365 g/mol. The van der Waals surface area contributed by atoms with Crippen LogP contribution in [0, 0.1) is 0 Å². The molecule has 6 nitrogen and oxygen atoms in total. The van der Waals surface area contributed by atoms with Crippen LogP contribution in [0.1, 0.15) is 0 Å². The van der Waals surface area contributed by atoms with E-state index in [0.29, 0.717) is 10.8 Å². The van der Waals surface area contributed by atoms with Crippen LogP contribution in [0.2, 0.25) is 5.15 Å². The van der Waals surface area contributed by atoms with Crippen LogP contribution < -0.4 is 10.6 Å². The van der Waals surface area contributed by atoms with Gasteiger partial charge in [-0.1, -0.05) is 17.7 Å². The molecule has 1 aliphatic heterocycles. The van der Waals surface area contributed by atoms with E-state index in [1.54, 1.807) is 24.1 Å². The fraction of sp³-hybridized carbons (Fsp3) is 0.250. The lowest BCUT2D eigenvalue weighted by Gasteiger charge is -2.25. The number of urea groups is 1. The standard InChI is InChI=1S/C16H17ClN4O2S/c17-15-11-13(4-5-18-15)20-16(22)19-12-2-1-3-14(10-12)24-21-6-8-23-9-7-21/h1-5,10-11H,6-9H2,(H2,18,19,20,22). The number of benzene rings is 1. The predicted octanol–water partition coefficient (Wildman–Crippen LogP) is 3.72. The number of hydrogen-bond acceptors (Lipinski definition) is 5. The Morgan fingerprint density at radius 1 is 1.17 bits per heavy atom. The Kier molecular flexibility index (Phi) is 5.92. The van der Waals surface area contributed by atoms with Gasteiger partial charge in [-0.25, -0.2) is 14.1 Å². The Labute approximate surface area is 149 Å². The summed E-state index contributed by atoms with van der Waals surface area (Å²) in [7, 11) is 0. The predicted molar refractivity (Wildman–Crippen MR) is 96.6 cm³/mol. The molecule has 3 rings (SSSR count). The molecule has 126 valence electrons. The van der Waals surface area contributed by atoms with Gasteiger partial charge in [-0.15, -0.1) is 0 Å². The highest BCUT2D eigenvalue weighted by Crippen LogP contribution is 2.26. The minimum atomic E-state index is -0.328. The Hall–Kier alpha value is -1.80. The SMILES string of the molecule is O=C(Nc1cccc(SN2CCOCC2)c1)Nc1ccnc(Cl)c1. The van der Waals surface area contributed by atoms with Gasteiger partial charge in [0.05, 0.1) is 13.2 Å². The van der Waals surface area contributed by atoms with E-state index in [4.69, 9.17) is 16.3 Å². The molecule has 2 N–H and O–H groups in total. The monoisotopic (exact) mass is 364 g/mol. The third-order valence-electron chi connectivity index (χ3n) is 3.28. The molecule has 0 aliphatic carbocycles. The van der Waals surface area contributed by atoms with E-state index in [2.05, 4.69) is 19.9 Å². The molecule has 0 saturated carbocycles. The first-order valence-corrected chi connectivity index (χ1v) is 8.64. The van der Waals surface area contributed by atoms with Gasteiger partial charge >= 0.3 is 6.03 Å². The summed E-state index contributed by atoms with van der Waals surface area (Å²) in [6.07, 6.45) is 1.54. The van der Waals surface area contributed by atoms with Crippen molar-refractivity contribution in [2.45, 2.75) is 4.90 Å². The van der Waals surface area contributed by atoms with Gasteiger partial charge in [0.1, 0.15) is 5.15 Å². The number of anilines is 2. The molecule has 0 spiro atoms. The molecule has 24 heavy (non-hydrogen) atoms. The second kappa shape index (κ2) is 8.34. The summed E-state index contributed by atoms with van der Waals surface area (Å²) in [5, 5.41) is 5.87. The molecule has 1 aliphatic rings. The van der Waals surface area contributed by atoms with Crippen molar-refractivity contribution in [3.63, 3.8) is 0 Å². The number of morpholine rings is 1. The van der Waals surface area contributed by atoms with E-state index in [0.717, 1.165) is 36.9 Å². The molecule has 0 radical (unpaired) electrons. The second-order valence-corrected chi connectivity index (χ2v) is 6.66. The smallest absolute Gasteiger partial charge is 0.323 e. The van der Waals surface area contributed by atoms with Crippen molar-refractivity contribution < 1.29 is 9.53 Å². The van der Waals surface area contributed by atoms with Gasteiger partial charge in [0, 0.05) is 35.6 Å². The maximum atomic E-state index is 12.1. The van der Waals surface area contributed by atoms with E-state index < -0.39 is 0 Å². The van der Waals surface area contributed by atoms with Crippen LogP contribution >= 0.6 is 23.5 Å². The van der Waals surface area contributed by atoms with Gasteiger partial charge in [0.15, 0.2) is 0 Å². The Morgan fingerprint density at radius 3 is 2.67 bits per heavy atom. The molecule has 0 unspecified atom stereocenters. The number of amides is 2. The molecule has 2 aromatic rings. The molecule has 2 heterocycles. The number of pyridine rings is 1. The number of rotatable bonds is 4. The summed E-state index contributed by atoms with van der Waals surface area (Å²) in [5.74, 6) is 0. The van der Waals surface area contributed by atoms with Gasteiger partial charge in [-0.3, -0.25) is 0 Å². The number of aromatic nitrogens is 1. The number of ether oxygens (including phenoxy) is 1. The highest BCUT2D eigenvalue weighted by molar-refractivity contribution is 7.97. The van der Waals surface area contributed by atoms with Crippen LogP contribution in [0.25, 0.3) is 0 Å². The maximum absolute atomic E-state index is 12.1. The fourth-order valence-electron chi connectivity index (χ4n) is 2.19. The maximum Gasteiger partial charge on any atom is 0.323 e. The lowest BCUT2D eigenvalue weighted by molar-refractivity contribution is 0.0773. The van der Waals surface area contributed by atoms with Gasteiger partial charge in [0.2, 0.25) is 0 Å². The zero-order valence-electron chi connectivity index (χ0n) is 12.9. The first-order valence-electron chi connectivity index (χ1n) is 7.49. The quantitative estimate of drug-likeness (QED) is 0.639. The zero-order chi connectivity index (χ0) is 16.8. The number of nitrogens with zero attached hydrogens (tertiary/aromatic N) is 2. The topological polar surface area (TPSA) is 66.5 Å². The molecule has 1 fully saturated rings. The van der Waals surface area contributed by atoms with Crippen molar-refractivity contribution >= 4 is 41.0 Å². The lowest BCUT2D eigenvalue weighted by atomic mass is 10.3.